The monoisotopic (exact) mass is 464 g/mol. The predicted octanol–water partition coefficient (Wildman–Crippen LogP) is 4.48. The van der Waals surface area contributed by atoms with Gasteiger partial charge in [0.25, 0.3) is 11.7 Å². The number of hydrogen-bond donors (Lipinski definition) is 2. The molecular formula is C23H17BrN2O4. The minimum Gasteiger partial charge on any atom is -0.507 e. The Bertz CT molecular complexity index is 1170. The van der Waals surface area contributed by atoms with E-state index in [1.165, 1.54) is 11.0 Å². The predicted molar refractivity (Wildman–Crippen MR) is 116 cm³/mol. The summed E-state index contributed by atoms with van der Waals surface area (Å²) < 4.78 is 0.815. The Labute approximate surface area is 181 Å². The van der Waals surface area contributed by atoms with Gasteiger partial charge >= 0.3 is 0 Å². The number of carbonyl (C=O) groups excluding carboxylic acids is 2. The molecular weight excluding hydrogens is 448 g/mol. The fourth-order valence-electron chi connectivity index (χ4n) is 3.53. The van der Waals surface area contributed by atoms with Crippen LogP contribution in [0, 0.1) is 6.92 Å². The Morgan fingerprint density at radius 1 is 1.03 bits per heavy atom. The molecule has 7 heteroatoms. The first-order chi connectivity index (χ1) is 14.4. The number of anilines is 1. The van der Waals surface area contributed by atoms with Gasteiger partial charge in [0.1, 0.15) is 11.5 Å². The molecule has 2 aromatic carbocycles. The number of nitrogens with zero attached hydrogens (tertiary/aromatic N) is 2. The second kappa shape index (κ2) is 7.76. The zero-order chi connectivity index (χ0) is 21.4. The highest BCUT2D eigenvalue weighted by molar-refractivity contribution is 9.10. The van der Waals surface area contributed by atoms with Crippen molar-refractivity contribution in [2.75, 3.05) is 4.90 Å². The van der Waals surface area contributed by atoms with Gasteiger partial charge in [-0.15, -0.1) is 0 Å². The maximum absolute atomic E-state index is 13.1. The molecule has 2 N–H and O–H groups in total. The standard InChI is InChI=1S/C23H17BrN2O4/c1-13-2-7-18(27)17(12-13)26-20(14-8-10-25-11-9-14)19(22(29)23(26)30)21(28)15-3-5-16(24)6-4-15/h2-12,20,27-28H,1H3/b21-19+. The molecule has 3 aromatic rings. The van der Waals surface area contributed by atoms with Crippen molar-refractivity contribution in [1.82, 2.24) is 4.98 Å². The molecule has 1 amide bonds. The van der Waals surface area contributed by atoms with E-state index in [1.54, 1.807) is 60.9 Å². The first-order valence-electron chi connectivity index (χ1n) is 9.15. The van der Waals surface area contributed by atoms with Crippen LogP contribution in [0.3, 0.4) is 0 Å². The third-order valence-corrected chi connectivity index (χ3v) is 5.50. The molecule has 0 spiro atoms. The number of rotatable bonds is 3. The second-order valence-electron chi connectivity index (χ2n) is 6.95. The van der Waals surface area contributed by atoms with E-state index in [2.05, 4.69) is 20.9 Å². The Hall–Kier alpha value is -3.45. The number of aliphatic hydroxyl groups excluding tert-OH is 1. The number of benzene rings is 2. The van der Waals surface area contributed by atoms with Crippen LogP contribution in [0.4, 0.5) is 5.69 Å². The summed E-state index contributed by atoms with van der Waals surface area (Å²) in [5, 5.41) is 21.4. The van der Waals surface area contributed by atoms with E-state index >= 15 is 0 Å². The van der Waals surface area contributed by atoms with Crippen LogP contribution in [0.15, 0.2) is 77.0 Å². The van der Waals surface area contributed by atoms with Crippen LogP contribution in [0.25, 0.3) is 5.76 Å². The van der Waals surface area contributed by atoms with Crippen molar-refractivity contribution in [3.8, 4) is 5.75 Å². The molecule has 4 rings (SSSR count). The minimum absolute atomic E-state index is 0.0468. The van der Waals surface area contributed by atoms with E-state index in [1.807, 2.05) is 6.92 Å². The molecule has 30 heavy (non-hydrogen) atoms. The number of phenolic OH excluding ortho intramolecular Hbond substituents is 1. The summed E-state index contributed by atoms with van der Waals surface area (Å²) in [5.74, 6) is -2.06. The first kappa shape index (κ1) is 19.8. The lowest BCUT2D eigenvalue weighted by atomic mass is 9.95. The molecule has 1 aliphatic rings. The van der Waals surface area contributed by atoms with Crippen LogP contribution in [-0.2, 0) is 9.59 Å². The average molecular weight is 465 g/mol. The van der Waals surface area contributed by atoms with Gasteiger partial charge in [-0.1, -0.05) is 34.1 Å². The summed E-state index contributed by atoms with van der Waals surface area (Å²) in [5.41, 5.74) is 1.96. The van der Waals surface area contributed by atoms with Gasteiger partial charge in [0.2, 0.25) is 0 Å². The maximum atomic E-state index is 13.1. The molecule has 1 atom stereocenters. The van der Waals surface area contributed by atoms with Crippen LogP contribution in [-0.4, -0.2) is 26.9 Å². The number of aliphatic hydroxyl groups is 1. The summed E-state index contributed by atoms with van der Waals surface area (Å²) in [6, 6.07) is 14.0. The lowest BCUT2D eigenvalue weighted by Crippen LogP contribution is -2.29. The molecule has 0 radical (unpaired) electrons. The van der Waals surface area contributed by atoms with Crippen molar-refractivity contribution in [3.05, 3.63) is 93.7 Å². The molecule has 0 aliphatic carbocycles. The highest BCUT2D eigenvalue weighted by Gasteiger charge is 2.47. The summed E-state index contributed by atoms with van der Waals surface area (Å²) >= 11 is 3.34. The zero-order valence-corrected chi connectivity index (χ0v) is 17.5. The second-order valence-corrected chi connectivity index (χ2v) is 7.86. The normalized spacial score (nSPS) is 18.1. The summed E-state index contributed by atoms with van der Waals surface area (Å²) in [7, 11) is 0. The molecule has 1 fully saturated rings. The molecule has 1 unspecified atom stereocenters. The van der Waals surface area contributed by atoms with E-state index in [0.29, 0.717) is 11.1 Å². The van der Waals surface area contributed by atoms with E-state index in [-0.39, 0.29) is 22.8 Å². The highest BCUT2D eigenvalue weighted by Crippen LogP contribution is 2.44. The topological polar surface area (TPSA) is 90.7 Å². The third kappa shape index (κ3) is 3.37. The molecule has 1 aliphatic heterocycles. The summed E-state index contributed by atoms with van der Waals surface area (Å²) in [6.45, 7) is 1.82. The van der Waals surface area contributed by atoms with Gasteiger partial charge in [-0.25, -0.2) is 0 Å². The van der Waals surface area contributed by atoms with Gasteiger partial charge in [0.15, 0.2) is 0 Å². The van der Waals surface area contributed by atoms with Crippen molar-refractivity contribution in [3.63, 3.8) is 0 Å². The maximum Gasteiger partial charge on any atom is 0.300 e. The van der Waals surface area contributed by atoms with Gasteiger partial charge in [-0.2, -0.15) is 0 Å². The van der Waals surface area contributed by atoms with E-state index < -0.39 is 17.7 Å². The number of amides is 1. The number of hydrogen-bond acceptors (Lipinski definition) is 5. The Morgan fingerprint density at radius 2 is 1.70 bits per heavy atom. The molecule has 150 valence electrons. The van der Waals surface area contributed by atoms with Crippen LogP contribution < -0.4 is 4.90 Å². The number of carbonyl (C=O) groups is 2. The number of halogens is 1. The fraction of sp³-hybridized carbons (Fsp3) is 0.0870. The first-order valence-corrected chi connectivity index (χ1v) is 9.94. The third-order valence-electron chi connectivity index (χ3n) is 4.97. The number of pyridine rings is 1. The fourth-order valence-corrected chi connectivity index (χ4v) is 3.80. The van der Waals surface area contributed by atoms with Crippen molar-refractivity contribution >= 4 is 39.1 Å². The number of aryl methyl sites for hydroxylation is 1. The molecule has 6 nitrogen and oxygen atoms in total. The molecule has 0 bridgehead atoms. The Balaban J connectivity index is 1.97. The summed E-state index contributed by atoms with van der Waals surface area (Å²) in [6.07, 6.45) is 3.09. The lowest BCUT2D eigenvalue weighted by Gasteiger charge is -2.26. The van der Waals surface area contributed by atoms with Gasteiger partial charge in [-0.05, 0) is 54.4 Å². The van der Waals surface area contributed by atoms with Gasteiger partial charge in [-0.3, -0.25) is 19.5 Å². The van der Waals surface area contributed by atoms with Crippen molar-refractivity contribution < 1.29 is 19.8 Å². The van der Waals surface area contributed by atoms with Crippen molar-refractivity contribution in [2.45, 2.75) is 13.0 Å². The largest absolute Gasteiger partial charge is 0.507 e. The van der Waals surface area contributed by atoms with E-state index in [0.717, 1.165) is 10.0 Å². The zero-order valence-electron chi connectivity index (χ0n) is 15.9. The lowest BCUT2D eigenvalue weighted by molar-refractivity contribution is -0.132. The number of Topliss-reactive ketones (excluding diaryl/α,β-unsaturated/α-hetero) is 1. The van der Waals surface area contributed by atoms with Gasteiger partial charge < -0.3 is 10.2 Å². The number of aromatic nitrogens is 1. The average Bonchev–Trinajstić information content (AvgIpc) is 3.01. The van der Waals surface area contributed by atoms with Crippen LogP contribution in [0.2, 0.25) is 0 Å². The SMILES string of the molecule is Cc1ccc(O)c(N2C(=O)C(=O)/C(=C(/O)c3ccc(Br)cc3)C2c2ccncc2)c1. The number of aromatic hydroxyl groups is 1. The Morgan fingerprint density at radius 3 is 2.37 bits per heavy atom. The van der Waals surface area contributed by atoms with Crippen LogP contribution >= 0.6 is 15.9 Å². The van der Waals surface area contributed by atoms with Gasteiger partial charge in [0.05, 0.1) is 17.3 Å². The quantitative estimate of drug-likeness (QED) is 0.338. The molecule has 1 aromatic heterocycles. The summed E-state index contributed by atoms with van der Waals surface area (Å²) in [4.78, 5) is 31.3. The minimum atomic E-state index is -0.913. The molecule has 2 heterocycles. The molecule has 0 saturated carbocycles. The molecule has 1 saturated heterocycles. The van der Waals surface area contributed by atoms with Crippen molar-refractivity contribution in [2.24, 2.45) is 0 Å². The van der Waals surface area contributed by atoms with E-state index in [9.17, 15) is 19.8 Å². The van der Waals surface area contributed by atoms with Crippen molar-refractivity contribution in [1.29, 1.82) is 0 Å². The van der Waals surface area contributed by atoms with Crippen LogP contribution in [0.5, 0.6) is 5.75 Å². The number of ketones is 1. The van der Waals surface area contributed by atoms with Crippen LogP contribution in [0.1, 0.15) is 22.7 Å². The smallest absolute Gasteiger partial charge is 0.300 e. The number of phenols is 1. The van der Waals surface area contributed by atoms with E-state index in [4.69, 9.17) is 0 Å². The Kier molecular flexibility index (Phi) is 5.13. The highest BCUT2D eigenvalue weighted by atomic mass is 79.9. The van der Waals surface area contributed by atoms with Gasteiger partial charge in [0, 0.05) is 22.4 Å².